The molecule has 0 aromatic carbocycles. The van der Waals surface area contributed by atoms with Crippen molar-refractivity contribution in [3.05, 3.63) is 0 Å². The van der Waals surface area contributed by atoms with Crippen LogP contribution in [0.4, 0.5) is 0 Å². The standard InChI is InChI=1S/C13H23NO/c1-6-7-8-9-14-11-10-12(2,3)15-13(11,4)5/h11,14H,8-10H2,1-5H3/t11-/m1/s1. The Morgan fingerprint density at radius 2 is 2.00 bits per heavy atom. The van der Waals surface area contributed by atoms with E-state index in [2.05, 4.69) is 44.9 Å². The first-order valence-corrected chi connectivity index (χ1v) is 5.70. The fourth-order valence-electron chi connectivity index (χ4n) is 2.31. The van der Waals surface area contributed by atoms with E-state index in [0.717, 1.165) is 19.4 Å². The average Bonchev–Trinajstić information content (AvgIpc) is 2.28. The van der Waals surface area contributed by atoms with Crippen LogP contribution in [0.1, 0.15) is 47.5 Å². The van der Waals surface area contributed by atoms with Gasteiger partial charge < -0.3 is 10.1 Å². The van der Waals surface area contributed by atoms with E-state index < -0.39 is 0 Å². The monoisotopic (exact) mass is 209 g/mol. The summed E-state index contributed by atoms with van der Waals surface area (Å²) in [6, 6.07) is 0.436. The predicted molar refractivity (Wildman–Crippen MR) is 63.7 cm³/mol. The van der Waals surface area contributed by atoms with E-state index in [9.17, 15) is 0 Å². The van der Waals surface area contributed by atoms with Crippen LogP contribution in [0.3, 0.4) is 0 Å². The topological polar surface area (TPSA) is 21.3 Å². The van der Waals surface area contributed by atoms with Gasteiger partial charge in [0, 0.05) is 19.0 Å². The zero-order valence-electron chi connectivity index (χ0n) is 10.6. The maximum Gasteiger partial charge on any atom is 0.0787 e. The van der Waals surface area contributed by atoms with Crippen molar-refractivity contribution < 1.29 is 4.74 Å². The first-order chi connectivity index (χ1) is 6.87. The van der Waals surface area contributed by atoms with Gasteiger partial charge in [0.1, 0.15) is 0 Å². The van der Waals surface area contributed by atoms with E-state index in [-0.39, 0.29) is 11.2 Å². The van der Waals surface area contributed by atoms with Gasteiger partial charge in [-0.3, -0.25) is 0 Å². The summed E-state index contributed by atoms with van der Waals surface area (Å²) in [7, 11) is 0. The van der Waals surface area contributed by atoms with Gasteiger partial charge >= 0.3 is 0 Å². The van der Waals surface area contributed by atoms with E-state index >= 15 is 0 Å². The van der Waals surface area contributed by atoms with E-state index in [4.69, 9.17) is 4.74 Å². The van der Waals surface area contributed by atoms with Crippen LogP contribution in [0.25, 0.3) is 0 Å². The highest BCUT2D eigenvalue weighted by molar-refractivity contribution is 5.00. The molecule has 0 saturated carbocycles. The fourth-order valence-corrected chi connectivity index (χ4v) is 2.31. The molecule has 86 valence electrons. The van der Waals surface area contributed by atoms with Crippen molar-refractivity contribution in [1.29, 1.82) is 0 Å². The van der Waals surface area contributed by atoms with E-state index in [1.807, 2.05) is 6.92 Å². The van der Waals surface area contributed by atoms with Crippen LogP contribution in [0.2, 0.25) is 0 Å². The van der Waals surface area contributed by atoms with Crippen LogP contribution < -0.4 is 5.32 Å². The van der Waals surface area contributed by atoms with Crippen molar-refractivity contribution in [2.45, 2.75) is 64.7 Å². The lowest BCUT2D eigenvalue weighted by atomic mass is 9.94. The molecule has 0 aromatic heterocycles. The summed E-state index contributed by atoms with van der Waals surface area (Å²) in [5.74, 6) is 5.98. The van der Waals surface area contributed by atoms with Crippen LogP contribution in [0.5, 0.6) is 0 Å². The number of hydrogen-bond acceptors (Lipinski definition) is 2. The molecule has 0 amide bonds. The minimum Gasteiger partial charge on any atom is -0.368 e. The largest absolute Gasteiger partial charge is 0.368 e. The fraction of sp³-hybridized carbons (Fsp3) is 0.846. The molecular formula is C13H23NO. The van der Waals surface area contributed by atoms with Gasteiger partial charge in [0.15, 0.2) is 0 Å². The third kappa shape index (κ3) is 3.52. The summed E-state index contributed by atoms with van der Waals surface area (Å²) in [5, 5.41) is 3.53. The van der Waals surface area contributed by atoms with E-state index in [0.29, 0.717) is 6.04 Å². The second-order valence-corrected chi connectivity index (χ2v) is 5.35. The molecule has 0 unspecified atom stereocenters. The summed E-state index contributed by atoms with van der Waals surface area (Å²) in [6.07, 6.45) is 1.99. The summed E-state index contributed by atoms with van der Waals surface area (Å²) in [6.45, 7) is 11.5. The van der Waals surface area contributed by atoms with Gasteiger partial charge in [0.25, 0.3) is 0 Å². The Balaban J connectivity index is 2.43. The molecule has 1 heterocycles. The molecule has 15 heavy (non-hydrogen) atoms. The number of nitrogens with one attached hydrogen (secondary N) is 1. The summed E-state index contributed by atoms with van der Waals surface area (Å²) < 4.78 is 6.01. The molecule has 2 nitrogen and oxygen atoms in total. The van der Waals surface area contributed by atoms with Gasteiger partial charge in [0.05, 0.1) is 11.2 Å². The van der Waals surface area contributed by atoms with Crippen LogP contribution in [-0.2, 0) is 4.74 Å². The highest BCUT2D eigenvalue weighted by Gasteiger charge is 2.45. The Labute approximate surface area is 93.8 Å². The van der Waals surface area contributed by atoms with Crippen LogP contribution in [-0.4, -0.2) is 23.8 Å². The molecule has 1 aliphatic heterocycles. The lowest BCUT2D eigenvalue weighted by Crippen LogP contribution is -2.43. The third-order valence-corrected chi connectivity index (χ3v) is 2.89. The maximum absolute atomic E-state index is 6.01. The number of rotatable bonds is 3. The summed E-state index contributed by atoms with van der Waals surface area (Å²) in [5.41, 5.74) is -0.0687. The Kier molecular flexibility index (Phi) is 3.81. The SMILES string of the molecule is CC#CCCN[C@@H]1CC(C)(C)OC1(C)C. The van der Waals surface area contributed by atoms with Gasteiger partial charge in [0.2, 0.25) is 0 Å². The number of ether oxygens (including phenoxy) is 1. The first kappa shape index (κ1) is 12.5. The van der Waals surface area contributed by atoms with Gasteiger partial charge in [-0.05, 0) is 41.0 Å². The Hall–Kier alpha value is -0.520. The highest BCUT2D eigenvalue weighted by Crippen LogP contribution is 2.37. The number of hydrogen-bond donors (Lipinski definition) is 1. The zero-order valence-corrected chi connectivity index (χ0v) is 10.6. The second-order valence-electron chi connectivity index (χ2n) is 5.35. The molecular weight excluding hydrogens is 186 g/mol. The van der Waals surface area contributed by atoms with E-state index in [1.165, 1.54) is 0 Å². The lowest BCUT2D eigenvalue weighted by Gasteiger charge is -2.27. The third-order valence-electron chi connectivity index (χ3n) is 2.89. The minimum absolute atomic E-state index is 0.00238. The molecule has 1 rings (SSSR count). The smallest absolute Gasteiger partial charge is 0.0787 e. The molecule has 2 heteroatoms. The van der Waals surface area contributed by atoms with E-state index in [1.54, 1.807) is 0 Å². The Morgan fingerprint density at radius 1 is 1.33 bits per heavy atom. The molecule has 0 aromatic rings. The average molecular weight is 209 g/mol. The van der Waals surface area contributed by atoms with Gasteiger partial charge in [-0.1, -0.05) is 0 Å². The summed E-state index contributed by atoms with van der Waals surface area (Å²) in [4.78, 5) is 0. The van der Waals surface area contributed by atoms with Crippen LogP contribution >= 0.6 is 0 Å². The van der Waals surface area contributed by atoms with Crippen molar-refractivity contribution in [3.8, 4) is 11.8 Å². The molecule has 0 bridgehead atoms. The van der Waals surface area contributed by atoms with Gasteiger partial charge in [-0.15, -0.1) is 11.8 Å². The van der Waals surface area contributed by atoms with Crippen LogP contribution in [0.15, 0.2) is 0 Å². The Morgan fingerprint density at radius 3 is 2.47 bits per heavy atom. The molecule has 1 aliphatic rings. The molecule has 0 spiro atoms. The molecule has 1 atom stereocenters. The van der Waals surface area contributed by atoms with Crippen molar-refractivity contribution in [3.63, 3.8) is 0 Å². The molecule has 1 N–H and O–H groups in total. The van der Waals surface area contributed by atoms with Gasteiger partial charge in [-0.2, -0.15) is 0 Å². The van der Waals surface area contributed by atoms with Crippen LogP contribution in [0, 0.1) is 11.8 Å². The molecule has 0 aliphatic carbocycles. The minimum atomic E-state index is -0.0663. The molecule has 1 fully saturated rings. The summed E-state index contributed by atoms with van der Waals surface area (Å²) >= 11 is 0. The molecule has 0 radical (unpaired) electrons. The quantitative estimate of drug-likeness (QED) is 0.569. The Bertz CT molecular complexity index is 270. The van der Waals surface area contributed by atoms with Crippen molar-refractivity contribution in [1.82, 2.24) is 5.32 Å². The zero-order chi connectivity index (χ0) is 11.5. The van der Waals surface area contributed by atoms with Gasteiger partial charge in [-0.25, -0.2) is 0 Å². The molecule has 1 saturated heterocycles. The van der Waals surface area contributed by atoms with Crippen molar-refractivity contribution >= 4 is 0 Å². The normalized spacial score (nSPS) is 27.1. The van der Waals surface area contributed by atoms with Crippen molar-refractivity contribution in [2.75, 3.05) is 6.54 Å². The highest BCUT2D eigenvalue weighted by atomic mass is 16.5. The predicted octanol–water partition coefficient (Wildman–Crippen LogP) is 2.34. The first-order valence-electron chi connectivity index (χ1n) is 5.70. The van der Waals surface area contributed by atoms with Crippen molar-refractivity contribution in [2.24, 2.45) is 0 Å². The maximum atomic E-state index is 6.01. The second kappa shape index (κ2) is 4.55. The lowest BCUT2D eigenvalue weighted by molar-refractivity contribution is -0.0697.